The second-order valence-electron chi connectivity index (χ2n) is 7.99. The molecule has 0 aromatic heterocycles. The third-order valence-electron chi connectivity index (χ3n) is 7.34. The highest BCUT2D eigenvalue weighted by molar-refractivity contribution is 5.02. The first-order valence-corrected chi connectivity index (χ1v) is 9.21. The van der Waals surface area contributed by atoms with Crippen LogP contribution in [0.3, 0.4) is 0 Å². The van der Waals surface area contributed by atoms with Gasteiger partial charge in [0.2, 0.25) is 0 Å². The summed E-state index contributed by atoms with van der Waals surface area (Å²) in [6.45, 7) is 19.0. The van der Waals surface area contributed by atoms with Crippen molar-refractivity contribution in [2.75, 3.05) is 0 Å². The Hall–Kier alpha value is -0.510. The molecule has 0 bridgehead atoms. The Labute approximate surface area is 133 Å². The smallest absolute Gasteiger partial charge is 0.0661 e. The first-order chi connectivity index (χ1) is 9.81. The molecule has 1 heteroatoms. The minimum Gasteiger partial charge on any atom is -0.198 e. The Kier molecular flexibility index (Phi) is 6.76. The van der Waals surface area contributed by atoms with Gasteiger partial charge in [0.1, 0.15) is 0 Å². The van der Waals surface area contributed by atoms with Crippen molar-refractivity contribution in [2.45, 2.75) is 68.2 Å². The zero-order chi connectivity index (χ0) is 16.3. The molecule has 0 spiro atoms. The molecule has 0 radical (unpaired) electrons. The van der Waals surface area contributed by atoms with Crippen LogP contribution < -0.4 is 0 Å². The van der Waals surface area contributed by atoms with E-state index >= 15 is 0 Å². The molecular weight excluding hydrogens is 254 g/mol. The highest BCUT2D eigenvalue weighted by Gasteiger charge is 2.47. The van der Waals surface area contributed by atoms with Gasteiger partial charge in [-0.25, -0.2) is 0 Å². The van der Waals surface area contributed by atoms with E-state index in [1.54, 1.807) is 0 Å². The van der Waals surface area contributed by atoms with Crippen molar-refractivity contribution < 1.29 is 0 Å². The molecule has 1 saturated carbocycles. The standard InChI is InChI=1S/C20H37N/c1-9-12(3)13(4)16(7)20-17(8)19(11-21)15(6)14(5)18(20)10-2/h12-20H,9-10H2,1-8H3. The summed E-state index contributed by atoms with van der Waals surface area (Å²) >= 11 is 0. The van der Waals surface area contributed by atoms with Gasteiger partial charge in [-0.05, 0) is 47.3 Å². The minimum atomic E-state index is 0.236. The van der Waals surface area contributed by atoms with Gasteiger partial charge in [0.25, 0.3) is 0 Å². The van der Waals surface area contributed by atoms with Gasteiger partial charge in [-0.15, -0.1) is 0 Å². The van der Waals surface area contributed by atoms with E-state index in [1.165, 1.54) is 12.8 Å². The lowest BCUT2D eigenvalue weighted by Gasteiger charge is -2.51. The molecule has 21 heavy (non-hydrogen) atoms. The summed E-state index contributed by atoms with van der Waals surface area (Å²) in [4.78, 5) is 0. The fourth-order valence-corrected chi connectivity index (χ4v) is 5.16. The molecule has 0 aromatic rings. The summed E-state index contributed by atoms with van der Waals surface area (Å²) in [6.07, 6.45) is 2.52. The largest absolute Gasteiger partial charge is 0.198 e. The van der Waals surface area contributed by atoms with E-state index in [1.807, 2.05) is 0 Å². The summed E-state index contributed by atoms with van der Waals surface area (Å²) in [5.74, 6) is 5.70. The van der Waals surface area contributed by atoms with Gasteiger partial charge in [0, 0.05) is 0 Å². The summed E-state index contributed by atoms with van der Waals surface area (Å²) in [5.41, 5.74) is 0. The molecule has 0 aliphatic heterocycles. The highest BCUT2D eigenvalue weighted by atomic mass is 14.5. The first-order valence-electron chi connectivity index (χ1n) is 9.21. The van der Waals surface area contributed by atoms with Crippen LogP contribution in [0.1, 0.15) is 68.2 Å². The topological polar surface area (TPSA) is 23.8 Å². The van der Waals surface area contributed by atoms with Crippen LogP contribution in [0.5, 0.6) is 0 Å². The Morgan fingerprint density at radius 1 is 0.952 bits per heavy atom. The fraction of sp³-hybridized carbons (Fsp3) is 0.950. The average Bonchev–Trinajstić information content (AvgIpc) is 2.48. The molecule has 1 nitrogen and oxygen atoms in total. The van der Waals surface area contributed by atoms with E-state index in [0.717, 1.165) is 17.8 Å². The zero-order valence-electron chi connectivity index (χ0n) is 15.6. The predicted molar refractivity (Wildman–Crippen MR) is 91.6 cm³/mol. The van der Waals surface area contributed by atoms with Crippen molar-refractivity contribution in [2.24, 2.45) is 53.3 Å². The number of nitriles is 1. The van der Waals surface area contributed by atoms with Gasteiger partial charge in [-0.2, -0.15) is 5.26 Å². The molecule has 1 rings (SSSR count). The lowest BCUT2D eigenvalue weighted by atomic mass is 9.53. The average molecular weight is 292 g/mol. The predicted octanol–water partition coefficient (Wildman–Crippen LogP) is 6.01. The number of hydrogen-bond acceptors (Lipinski definition) is 1. The second kappa shape index (κ2) is 7.66. The van der Waals surface area contributed by atoms with Crippen molar-refractivity contribution >= 4 is 0 Å². The number of hydrogen-bond donors (Lipinski definition) is 0. The van der Waals surface area contributed by atoms with Crippen molar-refractivity contribution in [3.63, 3.8) is 0 Å². The van der Waals surface area contributed by atoms with Gasteiger partial charge in [0.15, 0.2) is 0 Å². The van der Waals surface area contributed by atoms with Gasteiger partial charge in [-0.1, -0.05) is 68.2 Å². The van der Waals surface area contributed by atoms with Gasteiger partial charge in [0.05, 0.1) is 12.0 Å². The van der Waals surface area contributed by atoms with Gasteiger partial charge < -0.3 is 0 Å². The van der Waals surface area contributed by atoms with Crippen LogP contribution in [0.25, 0.3) is 0 Å². The molecule has 122 valence electrons. The molecule has 0 saturated heterocycles. The van der Waals surface area contributed by atoms with Gasteiger partial charge >= 0.3 is 0 Å². The maximum Gasteiger partial charge on any atom is 0.0661 e. The van der Waals surface area contributed by atoms with Crippen LogP contribution in [-0.4, -0.2) is 0 Å². The Morgan fingerprint density at radius 3 is 1.95 bits per heavy atom. The van der Waals surface area contributed by atoms with E-state index < -0.39 is 0 Å². The van der Waals surface area contributed by atoms with Crippen LogP contribution in [0.4, 0.5) is 0 Å². The number of rotatable bonds is 5. The normalized spacial score (nSPS) is 41.1. The van der Waals surface area contributed by atoms with E-state index in [9.17, 15) is 5.26 Å². The van der Waals surface area contributed by atoms with E-state index in [4.69, 9.17) is 0 Å². The van der Waals surface area contributed by atoms with Crippen molar-refractivity contribution in [3.8, 4) is 6.07 Å². The van der Waals surface area contributed by atoms with Crippen LogP contribution in [0.2, 0.25) is 0 Å². The second-order valence-corrected chi connectivity index (χ2v) is 7.99. The molecule has 0 amide bonds. The summed E-state index contributed by atoms with van der Waals surface area (Å²) in [7, 11) is 0. The molecule has 9 atom stereocenters. The van der Waals surface area contributed by atoms with E-state index in [2.05, 4.69) is 61.5 Å². The Morgan fingerprint density at radius 2 is 1.52 bits per heavy atom. The first kappa shape index (κ1) is 18.5. The van der Waals surface area contributed by atoms with Crippen molar-refractivity contribution in [3.05, 3.63) is 0 Å². The van der Waals surface area contributed by atoms with E-state index in [0.29, 0.717) is 29.6 Å². The SMILES string of the molecule is CCC(C)C(C)C(C)C1C(C)C(C#N)C(C)C(C)C1CC. The van der Waals surface area contributed by atoms with Crippen molar-refractivity contribution in [1.29, 1.82) is 5.26 Å². The molecule has 1 aliphatic rings. The maximum absolute atomic E-state index is 9.65. The third kappa shape index (κ3) is 3.46. The van der Waals surface area contributed by atoms with Crippen LogP contribution >= 0.6 is 0 Å². The molecule has 0 heterocycles. The Bertz CT molecular complexity index is 355. The van der Waals surface area contributed by atoms with Crippen molar-refractivity contribution in [1.82, 2.24) is 0 Å². The highest BCUT2D eigenvalue weighted by Crippen LogP contribution is 2.51. The molecule has 1 fully saturated rings. The molecule has 0 N–H and O–H groups in total. The summed E-state index contributed by atoms with van der Waals surface area (Å²) in [5, 5.41) is 9.65. The monoisotopic (exact) mass is 291 g/mol. The molecular formula is C20H37N. The van der Waals surface area contributed by atoms with Gasteiger partial charge in [-0.3, -0.25) is 0 Å². The fourth-order valence-electron chi connectivity index (χ4n) is 5.16. The zero-order valence-corrected chi connectivity index (χ0v) is 15.6. The lowest BCUT2D eigenvalue weighted by molar-refractivity contribution is -0.0241. The maximum atomic E-state index is 9.65. The summed E-state index contributed by atoms with van der Waals surface area (Å²) < 4.78 is 0. The minimum absolute atomic E-state index is 0.236. The summed E-state index contributed by atoms with van der Waals surface area (Å²) in [6, 6.07) is 2.65. The van der Waals surface area contributed by atoms with Crippen LogP contribution in [-0.2, 0) is 0 Å². The molecule has 0 aromatic carbocycles. The Balaban J connectivity index is 3.07. The number of nitrogens with zero attached hydrogens (tertiary/aromatic N) is 1. The lowest BCUT2D eigenvalue weighted by Crippen LogP contribution is -2.46. The molecule has 9 unspecified atom stereocenters. The van der Waals surface area contributed by atoms with Crippen LogP contribution in [0.15, 0.2) is 0 Å². The third-order valence-corrected chi connectivity index (χ3v) is 7.34. The quantitative estimate of drug-likeness (QED) is 0.608. The molecule has 1 aliphatic carbocycles. The van der Waals surface area contributed by atoms with E-state index in [-0.39, 0.29) is 5.92 Å². The van der Waals surface area contributed by atoms with Crippen LogP contribution in [0, 0.1) is 64.6 Å².